The predicted octanol–water partition coefficient (Wildman–Crippen LogP) is 0.277. The molecule has 0 bridgehead atoms. The van der Waals surface area contributed by atoms with Crippen LogP contribution in [-0.2, 0) is 14.8 Å². The topological polar surface area (TPSA) is 77.9 Å². The molecule has 1 N–H and O–H groups in total. The molecule has 0 saturated carbocycles. The Morgan fingerprint density at radius 3 is 2.33 bits per heavy atom. The van der Waals surface area contributed by atoms with Crippen LogP contribution in [0.25, 0.3) is 0 Å². The number of hydrogen-bond acceptors (Lipinski definition) is 4. The van der Waals surface area contributed by atoms with Crippen LogP contribution in [0.4, 0.5) is 0 Å². The van der Waals surface area contributed by atoms with Crippen molar-refractivity contribution >= 4 is 15.9 Å². The minimum atomic E-state index is -3.13. The Balaban J connectivity index is 1.87. The van der Waals surface area contributed by atoms with Gasteiger partial charge >= 0.3 is 0 Å². The van der Waals surface area contributed by atoms with Gasteiger partial charge in [0.05, 0.1) is 11.9 Å². The fourth-order valence-electron chi connectivity index (χ4n) is 3.20. The summed E-state index contributed by atoms with van der Waals surface area (Å²) in [5.74, 6) is 0.357. The van der Waals surface area contributed by atoms with E-state index in [1.54, 1.807) is 13.8 Å². The molecule has 1 amide bonds. The molecular weight excluding hydrogens is 292 g/mol. The maximum atomic E-state index is 12.5. The Kier molecular flexibility index (Phi) is 5.27. The monoisotopic (exact) mass is 318 g/mol. The van der Waals surface area contributed by atoms with E-state index in [1.165, 1.54) is 4.31 Å². The highest BCUT2D eigenvalue weighted by Gasteiger charge is 2.35. The second kappa shape index (κ2) is 6.62. The van der Waals surface area contributed by atoms with E-state index in [4.69, 9.17) is 0 Å². The maximum Gasteiger partial charge on any atom is 0.225 e. The Hall–Kier alpha value is -0.660. The lowest BCUT2D eigenvalue weighted by molar-refractivity contribution is -0.135. The average molecular weight is 318 g/mol. The molecule has 2 aliphatic rings. The van der Waals surface area contributed by atoms with Crippen molar-refractivity contribution in [3.63, 3.8) is 0 Å². The molecular formula is C14H26N2O4S. The highest BCUT2D eigenvalue weighted by molar-refractivity contribution is 7.89. The van der Waals surface area contributed by atoms with Gasteiger partial charge in [-0.25, -0.2) is 12.7 Å². The largest absolute Gasteiger partial charge is 0.393 e. The second-order valence-electron chi connectivity index (χ2n) is 6.15. The molecule has 7 heteroatoms. The SMILES string of the molecule is CCS(=O)(=O)N1CCC(C(=O)N2CCC(C(C)O)C2)CC1. The van der Waals surface area contributed by atoms with Crippen molar-refractivity contribution in [3.8, 4) is 0 Å². The van der Waals surface area contributed by atoms with Crippen LogP contribution in [0.2, 0.25) is 0 Å². The van der Waals surface area contributed by atoms with Gasteiger partial charge in [-0.3, -0.25) is 4.79 Å². The lowest BCUT2D eigenvalue weighted by atomic mass is 9.96. The quantitative estimate of drug-likeness (QED) is 0.807. The smallest absolute Gasteiger partial charge is 0.225 e. The molecule has 0 aromatic carbocycles. The van der Waals surface area contributed by atoms with Crippen LogP contribution in [0.3, 0.4) is 0 Å². The summed E-state index contributed by atoms with van der Waals surface area (Å²) in [5.41, 5.74) is 0. The van der Waals surface area contributed by atoms with Gasteiger partial charge in [-0.2, -0.15) is 0 Å². The first kappa shape index (κ1) is 16.7. The number of carbonyl (C=O) groups is 1. The second-order valence-corrected chi connectivity index (χ2v) is 8.41. The molecule has 122 valence electrons. The number of carbonyl (C=O) groups excluding carboxylic acids is 1. The zero-order valence-corrected chi connectivity index (χ0v) is 13.7. The van der Waals surface area contributed by atoms with Gasteiger partial charge in [0.25, 0.3) is 0 Å². The number of hydrogen-bond donors (Lipinski definition) is 1. The molecule has 2 rings (SSSR count). The standard InChI is InChI=1S/C14H26N2O4S/c1-3-21(19,20)16-8-5-12(6-9-16)14(18)15-7-4-13(10-15)11(2)17/h11-13,17H,3-10H2,1-2H3. The van der Waals surface area contributed by atoms with Crippen molar-refractivity contribution in [1.82, 2.24) is 9.21 Å². The lowest BCUT2D eigenvalue weighted by Crippen LogP contribution is -2.44. The van der Waals surface area contributed by atoms with Gasteiger partial charge in [-0.1, -0.05) is 0 Å². The van der Waals surface area contributed by atoms with E-state index in [1.807, 2.05) is 4.90 Å². The average Bonchev–Trinajstić information content (AvgIpc) is 2.96. The molecule has 2 aliphatic heterocycles. The number of piperidine rings is 1. The van der Waals surface area contributed by atoms with E-state index >= 15 is 0 Å². The number of amides is 1. The first-order valence-corrected chi connectivity index (χ1v) is 9.40. The normalized spacial score (nSPS) is 27.0. The van der Waals surface area contributed by atoms with Crippen molar-refractivity contribution < 1.29 is 18.3 Å². The van der Waals surface area contributed by atoms with Gasteiger partial charge in [0, 0.05) is 38.0 Å². The van der Waals surface area contributed by atoms with Crippen LogP contribution in [-0.4, -0.2) is 66.7 Å². The highest BCUT2D eigenvalue weighted by atomic mass is 32.2. The fourth-order valence-corrected chi connectivity index (χ4v) is 4.34. The molecule has 0 radical (unpaired) electrons. The third kappa shape index (κ3) is 3.76. The minimum absolute atomic E-state index is 0.0685. The number of aliphatic hydroxyl groups is 1. The molecule has 2 unspecified atom stereocenters. The summed E-state index contributed by atoms with van der Waals surface area (Å²) in [6, 6.07) is 0. The molecule has 21 heavy (non-hydrogen) atoms. The molecule has 0 aromatic heterocycles. The maximum absolute atomic E-state index is 12.5. The minimum Gasteiger partial charge on any atom is -0.393 e. The van der Waals surface area contributed by atoms with Gasteiger partial charge in [0.15, 0.2) is 0 Å². The van der Waals surface area contributed by atoms with Crippen LogP contribution in [0.1, 0.15) is 33.1 Å². The molecule has 0 spiro atoms. The van der Waals surface area contributed by atoms with Crippen LogP contribution in [0.5, 0.6) is 0 Å². The highest BCUT2D eigenvalue weighted by Crippen LogP contribution is 2.26. The number of sulfonamides is 1. The molecule has 6 nitrogen and oxygen atoms in total. The molecule has 2 fully saturated rings. The van der Waals surface area contributed by atoms with Crippen molar-refractivity contribution in [2.24, 2.45) is 11.8 Å². The van der Waals surface area contributed by atoms with Crippen LogP contribution < -0.4 is 0 Å². The summed E-state index contributed by atoms with van der Waals surface area (Å²) >= 11 is 0. The molecule has 2 atom stereocenters. The Morgan fingerprint density at radius 2 is 1.86 bits per heavy atom. The van der Waals surface area contributed by atoms with Crippen LogP contribution in [0, 0.1) is 11.8 Å². The zero-order valence-electron chi connectivity index (χ0n) is 12.9. The van der Waals surface area contributed by atoms with Gasteiger partial charge in [-0.15, -0.1) is 0 Å². The molecule has 2 heterocycles. The summed E-state index contributed by atoms with van der Waals surface area (Å²) in [7, 11) is -3.13. The van der Waals surface area contributed by atoms with E-state index in [0.29, 0.717) is 39.0 Å². The van der Waals surface area contributed by atoms with Crippen LogP contribution in [0.15, 0.2) is 0 Å². The molecule has 2 saturated heterocycles. The number of aliphatic hydroxyl groups excluding tert-OH is 1. The van der Waals surface area contributed by atoms with E-state index in [9.17, 15) is 18.3 Å². The lowest BCUT2D eigenvalue weighted by Gasteiger charge is -2.32. The first-order valence-electron chi connectivity index (χ1n) is 7.79. The Labute approximate surface area is 127 Å². The summed E-state index contributed by atoms with van der Waals surface area (Å²) in [5, 5.41) is 9.60. The van der Waals surface area contributed by atoms with Crippen molar-refractivity contribution in [2.45, 2.75) is 39.2 Å². The summed E-state index contributed by atoms with van der Waals surface area (Å²) < 4.78 is 25.1. The third-order valence-corrected chi connectivity index (χ3v) is 6.66. The van der Waals surface area contributed by atoms with E-state index < -0.39 is 10.0 Å². The van der Waals surface area contributed by atoms with Crippen molar-refractivity contribution in [1.29, 1.82) is 0 Å². The Bertz CT molecular complexity index is 469. The molecule has 0 aromatic rings. The Morgan fingerprint density at radius 1 is 1.24 bits per heavy atom. The zero-order chi connectivity index (χ0) is 15.6. The van der Waals surface area contributed by atoms with Crippen molar-refractivity contribution in [3.05, 3.63) is 0 Å². The van der Waals surface area contributed by atoms with Crippen molar-refractivity contribution in [2.75, 3.05) is 31.9 Å². The number of nitrogens with zero attached hydrogens (tertiary/aromatic N) is 2. The predicted molar refractivity (Wildman–Crippen MR) is 80.1 cm³/mol. The summed E-state index contributed by atoms with van der Waals surface area (Å²) in [6.45, 7) is 5.64. The first-order chi connectivity index (χ1) is 9.85. The fraction of sp³-hybridized carbons (Fsp3) is 0.929. The molecule has 0 aliphatic carbocycles. The van der Waals surface area contributed by atoms with Gasteiger partial charge < -0.3 is 10.0 Å². The van der Waals surface area contributed by atoms with E-state index in [-0.39, 0.29) is 29.6 Å². The van der Waals surface area contributed by atoms with Gasteiger partial charge in [0.2, 0.25) is 15.9 Å². The number of rotatable bonds is 4. The van der Waals surface area contributed by atoms with E-state index in [2.05, 4.69) is 0 Å². The van der Waals surface area contributed by atoms with Crippen LogP contribution >= 0.6 is 0 Å². The summed E-state index contributed by atoms with van der Waals surface area (Å²) in [4.78, 5) is 14.3. The number of likely N-dealkylation sites (tertiary alicyclic amines) is 1. The van der Waals surface area contributed by atoms with Gasteiger partial charge in [0.1, 0.15) is 0 Å². The summed E-state index contributed by atoms with van der Waals surface area (Å²) in [6.07, 6.45) is 1.69. The van der Waals surface area contributed by atoms with E-state index in [0.717, 1.165) is 6.42 Å². The third-order valence-electron chi connectivity index (χ3n) is 4.78. The van der Waals surface area contributed by atoms with Gasteiger partial charge in [-0.05, 0) is 33.1 Å².